The lowest BCUT2D eigenvalue weighted by Gasteiger charge is -2.20. The van der Waals surface area contributed by atoms with Crippen molar-refractivity contribution in [3.63, 3.8) is 0 Å². The largest absolute Gasteiger partial charge is 0.358 e. The molecule has 4 heteroatoms. The Hall–Kier alpha value is -2.64. The highest BCUT2D eigenvalue weighted by Crippen LogP contribution is 2.25. The molecule has 0 radical (unpaired) electrons. The lowest BCUT2D eigenvalue weighted by Crippen LogP contribution is -2.29. The third-order valence-corrected chi connectivity index (χ3v) is 5.24. The average molecular weight is 330 g/mol. The number of nitrogens with one attached hydrogen (secondary N) is 1. The van der Waals surface area contributed by atoms with Crippen molar-refractivity contribution >= 4 is 10.9 Å². The van der Waals surface area contributed by atoms with E-state index in [1.807, 2.05) is 12.3 Å². The van der Waals surface area contributed by atoms with Crippen LogP contribution in [0.15, 0.2) is 42.7 Å². The van der Waals surface area contributed by atoms with Gasteiger partial charge in [-0.25, -0.2) is 0 Å². The van der Waals surface area contributed by atoms with Gasteiger partial charge in [0.1, 0.15) is 6.07 Å². The second-order valence-corrected chi connectivity index (χ2v) is 6.95. The molecule has 0 spiro atoms. The third kappa shape index (κ3) is 3.29. The van der Waals surface area contributed by atoms with E-state index in [1.165, 1.54) is 30.5 Å². The molecule has 1 atom stereocenters. The maximum Gasteiger partial charge on any atom is 0.101 e. The van der Waals surface area contributed by atoms with Gasteiger partial charge in [-0.15, -0.1) is 0 Å². The van der Waals surface area contributed by atoms with Crippen LogP contribution in [0.3, 0.4) is 0 Å². The molecule has 3 aromatic rings. The number of aromatic amines is 1. The van der Waals surface area contributed by atoms with E-state index >= 15 is 0 Å². The summed E-state index contributed by atoms with van der Waals surface area (Å²) in [4.78, 5) is 10.3. The Bertz CT molecular complexity index is 934. The summed E-state index contributed by atoms with van der Waals surface area (Å²) in [7, 11) is 0. The Labute approximate surface area is 148 Å². The molecule has 0 amide bonds. The molecule has 3 heterocycles. The van der Waals surface area contributed by atoms with Gasteiger partial charge in [-0.2, -0.15) is 5.26 Å². The van der Waals surface area contributed by atoms with E-state index in [-0.39, 0.29) is 0 Å². The van der Waals surface area contributed by atoms with Gasteiger partial charge < -0.3 is 9.88 Å². The fourth-order valence-corrected chi connectivity index (χ4v) is 3.75. The van der Waals surface area contributed by atoms with Gasteiger partial charge in [-0.05, 0) is 56.1 Å². The summed E-state index contributed by atoms with van der Waals surface area (Å²) in [5.41, 5.74) is 5.12. The molecule has 0 bridgehead atoms. The molecular weight excluding hydrogens is 308 g/mol. The SMILES string of the molecule is CC1CCCN1CCc1cc2cc(-c3cncc(C#N)c3)ccc2[nH]1. The number of hydrogen-bond donors (Lipinski definition) is 1. The van der Waals surface area contributed by atoms with Crippen molar-refractivity contribution in [3.05, 3.63) is 54.0 Å². The lowest BCUT2D eigenvalue weighted by atomic mass is 10.0. The molecule has 0 aliphatic carbocycles. The van der Waals surface area contributed by atoms with Crippen molar-refractivity contribution in [1.82, 2.24) is 14.9 Å². The maximum atomic E-state index is 9.05. The topological polar surface area (TPSA) is 55.7 Å². The van der Waals surface area contributed by atoms with Crippen LogP contribution in [0.2, 0.25) is 0 Å². The van der Waals surface area contributed by atoms with Crippen molar-refractivity contribution < 1.29 is 0 Å². The number of nitrogens with zero attached hydrogens (tertiary/aromatic N) is 3. The lowest BCUT2D eigenvalue weighted by molar-refractivity contribution is 0.271. The van der Waals surface area contributed by atoms with E-state index in [0.717, 1.165) is 35.7 Å². The molecule has 4 nitrogen and oxygen atoms in total. The van der Waals surface area contributed by atoms with Gasteiger partial charge in [-0.3, -0.25) is 4.98 Å². The normalized spacial score (nSPS) is 17.8. The Morgan fingerprint density at radius 2 is 2.16 bits per heavy atom. The van der Waals surface area contributed by atoms with Crippen molar-refractivity contribution in [1.29, 1.82) is 5.26 Å². The molecule has 1 aromatic carbocycles. The quantitative estimate of drug-likeness (QED) is 0.782. The van der Waals surface area contributed by atoms with Crippen LogP contribution in [-0.2, 0) is 6.42 Å². The van der Waals surface area contributed by atoms with E-state index in [4.69, 9.17) is 5.26 Å². The standard InChI is InChI=1S/C21H22N4/c1-15-3-2-7-25(15)8-6-20-11-18-10-17(4-5-21(18)24-20)19-9-16(12-22)13-23-14-19/h4-5,9-11,13-15,24H,2-3,6-8H2,1H3. The second kappa shape index (κ2) is 6.70. The molecule has 25 heavy (non-hydrogen) atoms. The summed E-state index contributed by atoms with van der Waals surface area (Å²) in [5, 5.41) is 10.3. The Kier molecular flexibility index (Phi) is 4.25. The summed E-state index contributed by atoms with van der Waals surface area (Å²) in [5.74, 6) is 0. The molecule has 1 unspecified atom stereocenters. The van der Waals surface area contributed by atoms with Crippen molar-refractivity contribution in [2.75, 3.05) is 13.1 Å². The van der Waals surface area contributed by atoms with Gasteiger partial charge >= 0.3 is 0 Å². The first kappa shape index (κ1) is 15.9. The highest BCUT2D eigenvalue weighted by Gasteiger charge is 2.19. The van der Waals surface area contributed by atoms with Gasteiger partial charge in [0.15, 0.2) is 0 Å². The minimum absolute atomic E-state index is 0.590. The fraction of sp³-hybridized carbons (Fsp3) is 0.333. The zero-order valence-corrected chi connectivity index (χ0v) is 14.5. The molecule has 1 saturated heterocycles. The second-order valence-electron chi connectivity index (χ2n) is 6.95. The number of fused-ring (bicyclic) bond motifs is 1. The van der Waals surface area contributed by atoms with Crippen molar-refractivity contribution in [2.24, 2.45) is 0 Å². The summed E-state index contributed by atoms with van der Waals surface area (Å²) >= 11 is 0. The molecule has 1 aliphatic heterocycles. The number of nitriles is 1. The summed E-state index contributed by atoms with van der Waals surface area (Å²) in [6.07, 6.45) is 7.11. The van der Waals surface area contributed by atoms with E-state index in [2.05, 4.69) is 52.1 Å². The number of aromatic nitrogens is 2. The number of likely N-dealkylation sites (tertiary alicyclic amines) is 1. The predicted molar refractivity (Wildman–Crippen MR) is 100 cm³/mol. The Morgan fingerprint density at radius 1 is 1.24 bits per heavy atom. The summed E-state index contributed by atoms with van der Waals surface area (Å²) < 4.78 is 0. The number of pyridine rings is 1. The summed E-state index contributed by atoms with van der Waals surface area (Å²) in [6, 6.07) is 13.4. The van der Waals surface area contributed by atoms with Gasteiger partial charge in [0.05, 0.1) is 5.56 Å². The van der Waals surface area contributed by atoms with Crippen LogP contribution in [-0.4, -0.2) is 34.0 Å². The smallest absolute Gasteiger partial charge is 0.101 e. The number of benzene rings is 1. The predicted octanol–water partition coefficient (Wildman–Crippen LogP) is 4.13. The monoisotopic (exact) mass is 330 g/mol. The first-order valence-electron chi connectivity index (χ1n) is 8.94. The minimum Gasteiger partial charge on any atom is -0.358 e. The van der Waals surface area contributed by atoms with Crippen LogP contribution in [0.5, 0.6) is 0 Å². The Morgan fingerprint density at radius 3 is 2.96 bits per heavy atom. The summed E-state index contributed by atoms with van der Waals surface area (Å²) in [6.45, 7) is 4.68. The number of hydrogen-bond acceptors (Lipinski definition) is 3. The van der Waals surface area contributed by atoms with Crippen LogP contribution in [0.4, 0.5) is 0 Å². The molecular formula is C21H22N4. The zero-order valence-electron chi connectivity index (χ0n) is 14.5. The zero-order chi connectivity index (χ0) is 17.2. The van der Waals surface area contributed by atoms with Gasteiger partial charge in [0, 0.05) is 53.6 Å². The van der Waals surface area contributed by atoms with Crippen molar-refractivity contribution in [2.45, 2.75) is 32.2 Å². The number of H-pyrrole nitrogens is 1. The number of rotatable bonds is 4. The molecule has 0 saturated carbocycles. The van der Waals surface area contributed by atoms with Crippen LogP contribution in [0, 0.1) is 11.3 Å². The highest BCUT2D eigenvalue weighted by molar-refractivity contribution is 5.85. The van der Waals surface area contributed by atoms with Gasteiger partial charge in [0.25, 0.3) is 0 Å². The fourth-order valence-electron chi connectivity index (χ4n) is 3.75. The van der Waals surface area contributed by atoms with Gasteiger partial charge in [-0.1, -0.05) is 6.07 Å². The van der Waals surface area contributed by atoms with Crippen LogP contribution >= 0.6 is 0 Å². The Balaban J connectivity index is 1.55. The van der Waals surface area contributed by atoms with Crippen LogP contribution in [0.25, 0.3) is 22.0 Å². The molecule has 1 N–H and O–H groups in total. The molecule has 2 aromatic heterocycles. The minimum atomic E-state index is 0.590. The van der Waals surface area contributed by atoms with E-state index in [1.54, 1.807) is 6.20 Å². The highest BCUT2D eigenvalue weighted by atomic mass is 15.2. The molecule has 1 fully saturated rings. The first-order valence-corrected chi connectivity index (χ1v) is 8.94. The van der Waals surface area contributed by atoms with E-state index in [0.29, 0.717) is 5.56 Å². The van der Waals surface area contributed by atoms with E-state index in [9.17, 15) is 0 Å². The molecule has 4 rings (SSSR count). The van der Waals surface area contributed by atoms with Crippen molar-refractivity contribution in [3.8, 4) is 17.2 Å². The maximum absolute atomic E-state index is 9.05. The van der Waals surface area contributed by atoms with E-state index < -0.39 is 0 Å². The first-order chi connectivity index (χ1) is 12.2. The third-order valence-electron chi connectivity index (χ3n) is 5.24. The van der Waals surface area contributed by atoms with Gasteiger partial charge in [0.2, 0.25) is 0 Å². The van der Waals surface area contributed by atoms with Crippen LogP contribution < -0.4 is 0 Å². The average Bonchev–Trinajstić information content (AvgIpc) is 3.24. The molecule has 126 valence electrons. The van der Waals surface area contributed by atoms with Crippen LogP contribution in [0.1, 0.15) is 31.0 Å². The molecule has 1 aliphatic rings.